The zero-order valence-corrected chi connectivity index (χ0v) is 21.3. The molecule has 0 amide bonds. The van der Waals surface area contributed by atoms with E-state index in [4.69, 9.17) is 30.6 Å². The quantitative estimate of drug-likeness (QED) is 0.253. The average Bonchev–Trinajstić information content (AvgIpc) is 3.33. The minimum absolute atomic E-state index is 0.196. The number of oxime groups is 1. The van der Waals surface area contributed by atoms with Crippen LogP contribution in [0.1, 0.15) is 22.3 Å². The molecule has 2 fully saturated rings. The lowest BCUT2D eigenvalue weighted by Crippen LogP contribution is -2.65. The Morgan fingerprint density at radius 1 is 1.05 bits per heavy atom. The van der Waals surface area contributed by atoms with Crippen molar-refractivity contribution in [2.75, 3.05) is 20.3 Å². The minimum Gasteiger partial charge on any atom is -0.457 e. The van der Waals surface area contributed by atoms with Crippen LogP contribution >= 0.6 is 11.6 Å². The number of fused-ring (bicyclic) bond motifs is 2. The van der Waals surface area contributed by atoms with Gasteiger partial charge in [-0.2, -0.15) is 0 Å². The Bertz CT molecular complexity index is 1320. The maximum Gasteiger partial charge on any atom is 0.225 e. The molecule has 3 aromatic rings. The maximum absolute atomic E-state index is 10.8. The monoisotopic (exact) mass is 541 g/mol. The molecule has 2 saturated heterocycles. The van der Waals surface area contributed by atoms with Crippen molar-refractivity contribution < 1.29 is 39.5 Å². The molecule has 5 atom stereocenters. The van der Waals surface area contributed by atoms with Crippen molar-refractivity contribution in [3.63, 3.8) is 0 Å². The largest absolute Gasteiger partial charge is 0.457 e. The number of hydrogen-bond acceptors (Lipinski definition) is 9. The second kappa shape index (κ2) is 10.6. The molecule has 0 unspecified atom stereocenters. The van der Waals surface area contributed by atoms with E-state index < -0.39 is 36.3 Å². The third kappa shape index (κ3) is 4.67. The number of halogens is 1. The lowest BCUT2D eigenvalue weighted by atomic mass is 9.83. The van der Waals surface area contributed by atoms with Gasteiger partial charge in [0.25, 0.3) is 0 Å². The lowest BCUT2D eigenvalue weighted by molar-refractivity contribution is -0.329. The van der Waals surface area contributed by atoms with Crippen molar-refractivity contribution in [1.82, 2.24) is 0 Å². The number of benzene rings is 3. The summed E-state index contributed by atoms with van der Waals surface area (Å²) in [5, 5.41) is 45.8. The maximum atomic E-state index is 10.8. The van der Waals surface area contributed by atoms with E-state index in [2.05, 4.69) is 5.16 Å². The van der Waals surface area contributed by atoms with Gasteiger partial charge in [0, 0.05) is 16.1 Å². The fourth-order valence-corrected chi connectivity index (χ4v) is 5.00. The van der Waals surface area contributed by atoms with Gasteiger partial charge in [-0.3, -0.25) is 0 Å². The summed E-state index contributed by atoms with van der Waals surface area (Å²) in [5.41, 5.74) is 1.32. The number of nitrogens with zero attached hydrogens (tertiary/aromatic N) is 1. The first-order valence-electron chi connectivity index (χ1n) is 12.0. The van der Waals surface area contributed by atoms with E-state index in [0.29, 0.717) is 28.5 Å². The van der Waals surface area contributed by atoms with E-state index >= 15 is 0 Å². The zero-order valence-electron chi connectivity index (χ0n) is 20.5. The van der Waals surface area contributed by atoms with Gasteiger partial charge in [0.05, 0.1) is 19.4 Å². The van der Waals surface area contributed by atoms with Gasteiger partial charge in [-0.25, -0.2) is 0 Å². The molecule has 5 rings (SSSR count). The Morgan fingerprint density at radius 2 is 1.82 bits per heavy atom. The Morgan fingerprint density at radius 3 is 2.55 bits per heavy atom. The highest BCUT2D eigenvalue weighted by atomic mass is 35.5. The predicted molar refractivity (Wildman–Crippen MR) is 138 cm³/mol. The normalized spacial score (nSPS) is 28.5. The molecule has 0 aromatic heterocycles. The molecule has 2 aliphatic rings. The summed E-state index contributed by atoms with van der Waals surface area (Å²) in [6.07, 6.45) is -2.64. The number of rotatable bonds is 8. The fourth-order valence-electron chi connectivity index (χ4n) is 4.81. The van der Waals surface area contributed by atoms with Crippen LogP contribution in [-0.4, -0.2) is 70.9 Å². The first-order valence-corrected chi connectivity index (χ1v) is 12.4. The van der Waals surface area contributed by atoms with Crippen LogP contribution in [0.4, 0.5) is 0 Å². The molecule has 9 nitrogen and oxygen atoms in total. The lowest BCUT2D eigenvalue weighted by Gasteiger charge is -2.46. The van der Waals surface area contributed by atoms with Crippen molar-refractivity contribution >= 4 is 17.8 Å². The summed E-state index contributed by atoms with van der Waals surface area (Å²) in [5.74, 6) is -0.487. The number of aliphatic hydroxyl groups is 4. The van der Waals surface area contributed by atoms with Crippen molar-refractivity contribution in [2.45, 2.75) is 36.1 Å². The summed E-state index contributed by atoms with van der Waals surface area (Å²) < 4.78 is 17.8. The SMILES string of the molecule is CO/N=C/c1ccccc1Oc1ccc(Cc2cc([C@@]34OC[C@](CO)(O3)[C@H](O)[C@H](O)[C@H]4O)ccc2Cl)cc1. The molecule has 38 heavy (non-hydrogen) atoms. The van der Waals surface area contributed by atoms with Crippen molar-refractivity contribution in [3.8, 4) is 11.5 Å². The topological polar surface area (TPSA) is 130 Å². The number of aliphatic hydroxyl groups excluding tert-OH is 4. The van der Waals surface area contributed by atoms with E-state index in [0.717, 1.165) is 16.7 Å². The summed E-state index contributed by atoms with van der Waals surface area (Å²) in [4.78, 5) is 4.76. The minimum atomic E-state index is -1.75. The van der Waals surface area contributed by atoms with Crippen LogP contribution in [0.5, 0.6) is 11.5 Å². The highest BCUT2D eigenvalue weighted by molar-refractivity contribution is 6.31. The number of para-hydroxylation sites is 1. The van der Waals surface area contributed by atoms with E-state index in [9.17, 15) is 20.4 Å². The third-order valence-corrected chi connectivity index (χ3v) is 7.31. The van der Waals surface area contributed by atoms with Gasteiger partial charge >= 0.3 is 0 Å². The van der Waals surface area contributed by atoms with Gasteiger partial charge in [-0.05, 0) is 53.9 Å². The first-order chi connectivity index (χ1) is 18.3. The second-order valence-electron chi connectivity index (χ2n) is 9.35. The van der Waals surface area contributed by atoms with Gasteiger partial charge in [-0.1, -0.05) is 47.1 Å². The predicted octanol–water partition coefficient (Wildman–Crippen LogP) is 2.73. The average molecular weight is 542 g/mol. The molecule has 0 aliphatic carbocycles. The summed E-state index contributed by atoms with van der Waals surface area (Å²) in [6.45, 7) is -0.781. The molecule has 200 valence electrons. The van der Waals surface area contributed by atoms with Crippen LogP contribution in [0.25, 0.3) is 0 Å². The molecule has 0 saturated carbocycles. The van der Waals surface area contributed by atoms with Gasteiger partial charge in [0.15, 0.2) is 0 Å². The fraction of sp³-hybridized carbons (Fsp3) is 0.321. The van der Waals surface area contributed by atoms with Crippen LogP contribution in [0, 0.1) is 0 Å². The van der Waals surface area contributed by atoms with E-state index in [1.165, 1.54) is 7.11 Å². The van der Waals surface area contributed by atoms with Crippen LogP contribution in [0.2, 0.25) is 5.02 Å². The Labute approximate surface area is 224 Å². The Balaban J connectivity index is 1.37. The second-order valence-corrected chi connectivity index (χ2v) is 9.75. The van der Waals surface area contributed by atoms with E-state index in [1.807, 2.05) is 48.5 Å². The molecule has 2 bridgehead atoms. The molecular formula is C28H28ClNO8. The first kappa shape index (κ1) is 26.6. The van der Waals surface area contributed by atoms with Crippen molar-refractivity contribution in [1.29, 1.82) is 0 Å². The van der Waals surface area contributed by atoms with Crippen LogP contribution in [-0.2, 0) is 26.5 Å². The van der Waals surface area contributed by atoms with E-state index in [1.54, 1.807) is 24.4 Å². The molecule has 3 aromatic carbocycles. The van der Waals surface area contributed by atoms with Gasteiger partial charge in [-0.15, -0.1) is 0 Å². The third-order valence-electron chi connectivity index (χ3n) is 6.94. The van der Waals surface area contributed by atoms with Gasteiger partial charge in [0.2, 0.25) is 5.79 Å². The smallest absolute Gasteiger partial charge is 0.225 e. The van der Waals surface area contributed by atoms with Crippen LogP contribution in [0.15, 0.2) is 71.9 Å². The molecule has 2 heterocycles. The van der Waals surface area contributed by atoms with Gasteiger partial charge in [0.1, 0.15) is 42.5 Å². The van der Waals surface area contributed by atoms with Crippen molar-refractivity contribution in [2.24, 2.45) is 5.16 Å². The Kier molecular flexibility index (Phi) is 7.43. The summed E-state index contributed by atoms with van der Waals surface area (Å²) in [6, 6.07) is 20.0. The molecule has 4 N–H and O–H groups in total. The van der Waals surface area contributed by atoms with Gasteiger partial charge < -0.3 is 39.5 Å². The highest BCUT2D eigenvalue weighted by Crippen LogP contribution is 2.49. The zero-order chi connectivity index (χ0) is 26.9. The number of hydrogen-bond donors (Lipinski definition) is 4. The molecule has 0 spiro atoms. The standard InChI is InChI=1S/C28H28ClNO8/c1-35-30-14-18-4-2-3-5-23(18)37-21-9-6-17(7-10-21)12-19-13-20(8-11-22(19)29)28-26(34)24(32)25(33)27(15-31,38-28)16-36-28/h2-11,13-14,24-26,31-34H,12,15-16H2,1H3/b30-14+/t24-,25+,26+,27-,28+/m0/s1. The van der Waals surface area contributed by atoms with Crippen LogP contribution < -0.4 is 4.74 Å². The number of ether oxygens (including phenoxy) is 3. The Hall–Kier alpha value is -3.02. The molecular weight excluding hydrogens is 514 g/mol. The summed E-state index contributed by atoms with van der Waals surface area (Å²) >= 11 is 6.50. The summed E-state index contributed by atoms with van der Waals surface area (Å²) in [7, 11) is 1.47. The molecule has 2 aliphatic heterocycles. The van der Waals surface area contributed by atoms with Crippen molar-refractivity contribution in [3.05, 3.63) is 94.0 Å². The molecule has 10 heteroatoms. The molecule has 0 radical (unpaired) electrons. The van der Waals surface area contributed by atoms with E-state index in [-0.39, 0.29) is 6.61 Å². The van der Waals surface area contributed by atoms with Crippen LogP contribution in [0.3, 0.4) is 0 Å². The highest BCUT2D eigenvalue weighted by Gasteiger charge is 2.67.